The number of sulfonamides is 1. The lowest BCUT2D eigenvalue weighted by atomic mass is 10.4. The minimum atomic E-state index is -3.48. The van der Waals surface area contributed by atoms with Gasteiger partial charge in [0.2, 0.25) is 10.0 Å². The van der Waals surface area contributed by atoms with E-state index in [-0.39, 0.29) is 11.4 Å². The normalized spacial score (nSPS) is 11.7. The van der Waals surface area contributed by atoms with Crippen molar-refractivity contribution in [3.8, 4) is 0 Å². The summed E-state index contributed by atoms with van der Waals surface area (Å²) in [6.07, 6.45) is 3.48. The molecule has 0 radical (unpaired) electrons. The third-order valence-corrected chi connectivity index (χ3v) is 4.55. The highest BCUT2D eigenvalue weighted by Crippen LogP contribution is 2.14. The predicted molar refractivity (Wildman–Crippen MR) is 76.1 cm³/mol. The molecule has 2 aromatic rings. The molecule has 7 heteroatoms. The first-order valence-electron chi connectivity index (χ1n) is 5.78. The van der Waals surface area contributed by atoms with Gasteiger partial charge in [-0.15, -0.1) is 0 Å². The van der Waals surface area contributed by atoms with Gasteiger partial charge in [-0.05, 0) is 31.2 Å². The van der Waals surface area contributed by atoms with E-state index in [0.717, 1.165) is 16.6 Å². The van der Waals surface area contributed by atoms with Crippen molar-refractivity contribution >= 4 is 26.0 Å². The topological polar surface area (TPSA) is 64.0 Å². The van der Waals surface area contributed by atoms with Gasteiger partial charge < -0.3 is 0 Å². The van der Waals surface area contributed by atoms with Crippen LogP contribution in [0.5, 0.6) is 0 Å². The summed E-state index contributed by atoms with van der Waals surface area (Å²) >= 11 is 3.27. The quantitative estimate of drug-likeness (QED) is 0.904. The molecule has 5 nitrogen and oxygen atoms in total. The number of benzene rings is 1. The number of halogens is 1. The van der Waals surface area contributed by atoms with Crippen LogP contribution in [0.1, 0.15) is 12.5 Å². The fourth-order valence-electron chi connectivity index (χ4n) is 1.55. The summed E-state index contributed by atoms with van der Waals surface area (Å²) in [6.45, 7) is 2.97. The van der Waals surface area contributed by atoms with Crippen LogP contribution in [0.15, 0.2) is 46.0 Å². The van der Waals surface area contributed by atoms with E-state index in [9.17, 15) is 8.42 Å². The molecule has 0 spiro atoms. The maximum atomic E-state index is 12.0. The van der Waals surface area contributed by atoms with Gasteiger partial charge in [0.15, 0.2) is 0 Å². The summed E-state index contributed by atoms with van der Waals surface area (Å²) in [5.41, 5.74) is 0.836. The van der Waals surface area contributed by atoms with Gasteiger partial charge in [-0.25, -0.2) is 13.1 Å². The first-order chi connectivity index (χ1) is 9.01. The summed E-state index contributed by atoms with van der Waals surface area (Å²) in [4.78, 5) is 0.249. The number of rotatable bonds is 5. The van der Waals surface area contributed by atoms with E-state index in [2.05, 4.69) is 25.8 Å². The van der Waals surface area contributed by atoms with Gasteiger partial charge in [0.05, 0.1) is 11.1 Å². The second-order valence-corrected chi connectivity index (χ2v) is 6.67. The summed E-state index contributed by atoms with van der Waals surface area (Å²) in [7, 11) is -3.48. The molecule has 0 saturated carbocycles. The number of aromatic nitrogens is 2. The largest absolute Gasteiger partial charge is 0.273 e. The Hall–Kier alpha value is -1.18. The fourth-order valence-corrected chi connectivity index (χ4v) is 2.83. The van der Waals surface area contributed by atoms with Gasteiger partial charge in [-0.1, -0.05) is 15.9 Å². The predicted octanol–water partition coefficient (Wildman–Crippen LogP) is 2.14. The number of aryl methyl sites for hydroxylation is 1. The third kappa shape index (κ3) is 3.65. The van der Waals surface area contributed by atoms with Crippen LogP contribution < -0.4 is 4.72 Å². The summed E-state index contributed by atoms with van der Waals surface area (Å²) in [5.74, 6) is 0. The smallest absolute Gasteiger partial charge is 0.240 e. The number of hydrogen-bond acceptors (Lipinski definition) is 3. The Labute approximate surface area is 120 Å². The van der Waals surface area contributed by atoms with Gasteiger partial charge in [0.25, 0.3) is 0 Å². The average molecular weight is 344 g/mol. The molecule has 0 fully saturated rings. The second-order valence-electron chi connectivity index (χ2n) is 3.98. The van der Waals surface area contributed by atoms with Crippen molar-refractivity contribution in [2.45, 2.75) is 24.9 Å². The minimum absolute atomic E-state index is 0.235. The van der Waals surface area contributed by atoms with Crippen molar-refractivity contribution in [1.82, 2.24) is 14.5 Å². The first-order valence-corrected chi connectivity index (χ1v) is 8.05. The Kier molecular flexibility index (Phi) is 4.38. The Morgan fingerprint density at radius 2 is 2.00 bits per heavy atom. The highest BCUT2D eigenvalue weighted by molar-refractivity contribution is 9.10. The lowest BCUT2D eigenvalue weighted by Crippen LogP contribution is -2.23. The van der Waals surface area contributed by atoms with Crippen molar-refractivity contribution in [3.05, 3.63) is 46.7 Å². The Balaban J connectivity index is 2.07. The molecule has 1 heterocycles. The van der Waals surface area contributed by atoms with E-state index in [1.807, 2.05) is 13.1 Å². The number of hydrogen-bond donors (Lipinski definition) is 1. The van der Waals surface area contributed by atoms with Crippen molar-refractivity contribution in [3.63, 3.8) is 0 Å². The van der Waals surface area contributed by atoms with E-state index >= 15 is 0 Å². The Morgan fingerprint density at radius 1 is 1.32 bits per heavy atom. The summed E-state index contributed by atoms with van der Waals surface area (Å²) in [6, 6.07) is 6.51. The van der Waals surface area contributed by atoms with Crippen LogP contribution in [0.4, 0.5) is 0 Å². The maximum Gasteiger partial charge on any atom is 0.240 e. The molecule has 0 unspecified atom stereocenters. The molecule has 0 amide bonds. The van der Waals surface area contributed by atoms with E-state index in [1.165, 1.54) is 0 Å². The summed E-state index contributed by atoms with van der Waals surface area (Å²) in [5, 5.41) is 4.10. The molecule has 1 aromatic carbocycles. The van der Waals surface area contributed by atoms with Gasteiger partial charge in [-0.3, -0.25) is 4.68 Å². The minimum Gasteiger partial charge on any atom is -0.273 e. The van der Waals surface area contributed by atoms with Crippen LogP contribution in [0.3, 0.4) is 0 Å². The Morgan fingerprint density at radius 3 is 2.58 bits per heavy atom. The molecular formula is C12H14BrN3O2S. The van der Waals surface area contributed by atoms with Crippen LogP contribution in [-0.2, 0) is 23.1 Å². The molecule has 1 N–H and O–H groups in total. The number of nitrogens with one attached hydrogen (secondary N) is 1. The standard InChI is InChI=1S/C12H14BrN3O2S/c1-2-16-9-10(7-14-16)8-15-19(17,18)12-5-3-11(13)4-6-12/h3-7,9,15H,2,8H2,1H3. The van der Waals surface area contributed by atoms with Crippen molar-refractivity contribution in [2.24, 2.45) is 0 Å². The van der Waals surface area contributed by atoms with Gasteiger partial charge in [-0.2, -0.15) is 5.10 Å². The molecule has 0 aliphatic carbocycles. The average Bonchev–Trinajstić information content (AvgIpc) is 2.85. The highest BCUT2D eigenvalue weighted by Gasteiger charge is 2.13. The molecule has 0 bridgehead atoms. The molecule has 0 aliphatic heterocycles. The van der Waals surface area contributed by atoms with Crippen molar-refractivity contribution in [2.75, 3.05) is 0 Å². The zero-order valence-electron chi connectivity index (χ0n) is 10.4. The van der Waals surface area contributed by atoms with Gasteiger partial charge in [0.1, 0.15) is 0 Å². The van der Waals surface area contributed by atoms with Crippen molar-refractivity contribution in [1.29, 1.82) is 0 Å². The third-order valence-electron chi connectivity index (χ3n) is 2.60. The van der Waals surface area contributed by atoms with E-state index in [4.69, 9.17) is 0 Å². The van der Waals surface area contributed by atoms with E-state index in [1.54, 1.807) is 35.1 Å². The van der Waals surface area contributed by atoms with Crippen LogP contribution in [0.2, 0.25) is 0 Å². The zero-order valence-corrected chi connectivity index (χ0v) is 12.8. The van der Waals surface area contributed by atoms with Gasteiger partial charge in [0, 0.05) is 29.3 Å². The molecule has 19 heavy (non-hydrogen) atoms. The highest BCUT2D eigenvalue weighted by atomic mass is 79.9. The molecule has 1 aromatic heterocycles. The molecule has 0 aliphatic rings. The van der Waals surface area contributed by atoms with Gasteiger partial charge >= 0.3 is 0 Å². The molecule has 2 rings (SSSR count). The molecule has 102 valence electrons. The van der Waals surface area contributed by atoms with Crippen LogP contribution in [0.25, 0.3) is 0 Å². The maximum absolute atomic E-state index is 12.0. The molecular weight excluding hydrogens is 330 g/mol. The van der Waals surface area contributed by atoms with E-state index in [0.29, 0.717) is 0 Å². The van der Waals surface area contributed by atoms with Crippen molar-refractivity contribution < 1.29 is 8.42 Å². The first kappa shape index (κ1) is 14.2. The lowest BCUT2D eigenvalue weighted by molar-refractivity contribution is 0.581. The zero-order chi connectivity index (χ0) is 13.9. The SMILES string of the molecule is CCn1cc(CNS(=O)(=O)c2ccc(Br)cc2)cn1. The van der Waals surface area contributed by atoms with Crippen LogP contribution >= 0.6 is 15.9 Å². The monoisotopic (exact) mass is 343 g/mol. The van der Waals surface area contributed by atoms with E-state index < -0.39 is 10.0 Å². The second kappa shape index (κ2) is 5.85. The Bertz CT molecular complexity index is 650. The fraction of sp³-hybridized carbons (Fsp3) is 0.250. The number of nitrogens with zero attached hydrogens (tertiary/aromatic N) is 2. The van der Waals surface area contributed by atoms with Crippen LogP contribution in [0, 0.1) is 0 Å². The molecule has 0 atom stereocenters. The lowest BCUT2D eigenvalue weighted by Gasteiger charge is -2.05. The van der Waals surface area contributed by atoms with Crippen LogP contribution in [-0.4, -0.2) is 18.2 Å². The summed E-state index contributed by atoms with van der Waals surface area (Å²) < 4.78 is 29.2. The molecule has 0 saturated heterocycles.